The molecule has 24 heavy (non-hydrogen) atoms. The van der Waals surface area contributed by atoms with Gasteiger partial charge in [-0.1, -0.05) is 18.2 Å². The highest BCUT2D eigenvalue weighted by Gasteiger charge is 2.30. The Hall–Kier alpha value is -2.95. The number of pyridine rings is 1. The summed E-state index contributed by atoms with van der Waals surface area (Å²) in [6.07, 6.45) is 6.10. The van der Waals surface area contributed by atoms with Crippen molar-refractivity contribution in [1.29, 1.82) is 0 Å². The fraction of sp³-hybridized carbons (Fsp3) is 0.211. The van der Waals surface area contributed by atoms with Gasteiger partial charge in [0, 0.05) is 34.0 Å². The van der Waals surface area contributed by atoms with Crippen LogP contribution in [0.4, 0.5) is 5.82 Å². The Balaban J connectivity index is 1.74. The molecule has 0 atom stereocenters. The number of nitrogens with two attached hydrogens (primary N) is 1. The van der Waals surface area contributed by atoms with Crippen molar-refractivity contribution in [3.05, 3.63) is 54.0 Å². The largest absolute Gasteiger partial charge is 0.383 e. The van der Waals surface area contributed by atoms with E-state index in [-0.39, 0.29) is 0 Å². The van der Waals surface area contributed by atoms with E-state index in [1.54, 1.807) is 4.52 Å². The van der Waals surface area contributed by atoms with Crippen LogP contribution in [0, 0.1) is 6.92 Å². The molecule has 0 aliphatic heterocycles. The number of aryl methyl sites for hydroxylation is 1. The van der Waals surface area contributed by atoms with Crippen LogP contribution < -0.4 is 5.73 Å². The van der Waals surface area contributed by atoms with Gasteiger partial charge in [0.15, 0.2) is 5.65 Å². The molecule has 118 valence electrons. The molecule has 5 heteroatoms. The molecule has 1 aromatic carbocycles. The average Bonchev–Trinajstić information content (AvgIpc) is 3.33. The Morgan fingerprint density at radius 1 is 1.17 bits per heavy atom. The van der Waals surface area contributed by atoms with E-state index in [1.807, 2.05) is 37.5 Å². The zero-order chi connectivity index (χ0) is 16.3. The maximum Gasteiger partial charge on any atom is 0.165 e. The average molecular weight is 315 g/mol. The van der Waals surface area contributed by atoms with Gasteiger partial charge in [-0.15, -0.1) is 0 Å². The van der Waals surface area contributed by atoms with Crippen molar-refractivity contribution >= 4 is 22.4 Å². The highest BCUT2D eigenvalue weighted by atomic mass is 15.3. The lowest BCUT2D eigenvalue weighted by atomic mass is 10.1. The first-order valence-corrected chi connectivity index (χ1v) is 8.21. The van der Waals surface area contributed by atoms with Crippen molar-refractivity contribution in [1.82, 2.24) is 19.6 Å². The summed E-state index contributed by atoms with van der Waals surface area (Å²) >= 11 is 0. The molecule has 1 saturated carbocycles. The van der Waals surface area contributed by atoms with Crippen molar-refractivity contribution in [2.75, 3.05) is 5.73 Å². The van der Waals surface area contributed by atoms with E-state index < -0.39 is 0 Å². The fourth-order valence-corrected chi connectivity index (χ4v) is 3.44. The minimum absolute atomic E-state index is 0.553. The SMILES string of the molecule is Cc1nc2c(-c3cnc4ccccc4c3)cnn2c(N)c1C1CC1. The number of hydrogen-bond acceptors (Lipinski definition) is 4. The summed E-state index contributed by atoms with van der Waals surface area (Å²) in [4.78, 5) is 9.36. The minimum atomic E-state index is 0.553. The van der Waals surface area contributed by atoms with Crippen LogP contribution in [0.25, 0.3) is 27.7 Å². The summed E-state index contributed by atoms with van der Waals surface area (Å²) in [5.74, 6) is 1.27. The number of aromatic nitrogens is 4. The number of nitrogen functional groups attached to an aromatic ring is 1. The number of para-hydroxylation sites is 1. The lowest BCUT2D eigenvalue weighted by Gasteiger charge is -2.10. The van der Waals surface area contributed by atoms with E-state index in [1.165, 1.54) is 12.8 Å². The zero-order valence-electron chi connectivity index (χ0n) is 13.4. The van der Waals surface area contributed by atoms with Gasteiger partial charge in [0.1, 0.15) is 5.82 Å². The van der Waals surface area contributed by atoms with Gasteiger partial charge >= 0.3 is 0 Å². The fourth-order valence-electron chi connectivity index (χ4n) is 3.44. The molecule has 1 fully saturated rings. The minimum Gasteiger partial charge on any atom is -0.383 e. The monoisotopic (exact) mass is 315 g/mol. The molecule has 0 radical (unpaired) electrons. The third-order valence-corrected chi connectivity index (χ3v) is 4.80. The van der Waals surface area contributed by atoms with Gasteiger partial charge in [0.25, 0.3) is 0 Å². The van der Waals surface area contributed by atoms with Crippen LogP contribution in [-0.2, 0) is 0 Å². The Morgan fingerprint density at radius 2 is 2.00 bits per heavy atom. The van der Waals surface area contributed by atoms with E-state index in [9.17, 15) is 0 Å². The summed E-state index contributed by atoms with van der Waals surface area (Å²) in [6.45, 7) is 2.04. The van der Waals surface area contributed by atoms with E-state index in [2.05, 4.69) is 22.2 Å². The second-order valence-electron chi connectivity index (χ2n) is 6.48. The van der Waals surface area contributed by atoms with Crippen LogP contribution in [-0.4, -0.2) is 19.6 Å². The van der Waals surface area contributed by atoms with Crippen LogP contribution in [0.15, 0.2) is 42.7 Å². The molecule has 0 spiro atoms. The second-order valence-corrected chi connectivity index (χ2v) is 6.48. The predicted octanol–water partition coefficient (Wildman–Crippen LogP) is 3.71. The molecule has 4 aromatic rings. The first-order chi connectivity index (χ1) is 11.7. The number of fused-ring (bicyclic) bond motifs is 2. The number of benzene rings is 1. The molecule has 1 aliphatic carbocycles. The van der Waals surface area contributed by atoms with Crippen LogP contribution in [0.2, 0.25) is 0 Å². The van der Waals surface area contributed by atoms with Crippen molar-refractivity contribution in [3.8, 4) is 11.1 Å². The van der Waals surface area contributed by atoms with Crippen molar-refractivity contribution < 1.29 is 0 Å². The maximum atomic E-state index is 6.39. The summed E-state index contributed by atoms with van der Waals surface area (Å²) in [6, 6.07) is 10.2. The Bertz CT molecular complexity index is 1090. The van der Waals surface area contributed by atoms with Gasteiger partial charge in [-0.05, 0) is 37.8 Å². The van der Waals surface area contributed by atoms with E-state index in [0.29, 0.717) is 5.92 Å². The zero-order valence-corrected chi connectivity index (χ0v) is 13.4. The lowest BCUT2D eigenvalue weighted by Crippen LogP contribution is -2.07. The highest BCUT2D eigenvalue weighted by molar-refractivity contribution is 5.87. The Labute approximate surface area is 139 Å². The molecule has 5 nitrogen and oxygen atoms in total. The first-order valence-electron chi connectivity index (χ1n) is 8.21. The van der Waals surface area contributed by atoms with Gasteiger partial charge in [-0.2, -0.15) is 9.61 Å². The van der Waals surface area contributed by atoms with Gasteiger partial charge < -0.3 is 5.73 Å². The highest BCUT2D eigenvalue weighted by Crippen LogP contribution is 2.44. The Kier molecular flexibility index (Phi) is 2.68. The van der Waals surface area contributed by atoms with Crippen molar-refractivity contribution in [2.45, 2.75) is 25.7 Å². The molecular formula is C19H17N5. The number of anilines is 1. The van der Waals surface area contributed by atoms with Crippen LogP contribution in [0.5, 0.6) is 0 Å². The van der Waals surface area contributed by atoms with E-state index in [4.69, 9.17) is 10.7 Å². The number of nitrogens with zero attached hydrogens (tertiary/aromatic N) is 4. The van der Waals surface area contributed by atoms with E-state index >= 15 is 0 Å². The van der Waals surface area contributed by atoms with Crippen molar-refractivity contribution in [3.63, 3.8) is 0 Å². The molecule has 2 N–H and O–H groups in total. The van der Waals surface area contributed by atoms with Crippen LogP contribution in [0.3, 0.4) is 0 Å². The second kappa shape index (κ2) is 4.77. The molecule has 0 bridgehead atoms. The maximum absolute atomic E-state index is 6.39. The molecule has 0 saturated heterocycles. The van der Waals surface area contributed by atoms with Gasteiger partial charge in [0.05, 0.1) is 11.7 Å². The quantitative estimate of drug-likeness (QED) is 0.612. The van der Waals surface area contributed by atoms with Crippen LogP contribution in [0.1, 0.15) is 30.0 Å². The summed E-state index contributed by atoms with van der Waals surface area (Å²) in [5.41, 5.74) is 12.3. The third-order valence-electron chi connectivity index (χ3n) is 4.80. The normalized spacial score (nSPS) is 14.5. The topological polar surface area (TPSA) is 69.1 Å². The standard InChI is InChI=1S/C19H17N5/c1-11-17(12-6-7-12)18(20)24-19(23-11)15(10-22-24)14-8-13-4-2-3-5-16(13)21-9-14/h2-5,8-10,12H,6-7,20H2,1H3. The molecule has 1 aliphatic rings. The molecule has 3 aromatic heterocycles. The molecule has 5 rings (SSSR count). The number of hydrogen-bond donors (Lipinski definition) is 1. The molecular weight excluding hydrogens is 298 g/mol. The summed E-state index contributed by atoms with van der Waals surface area (Å²) in [7, 11) is 0. The smallest absolute Gasteiger partial charge is 0.165 e. The van der Waals surface area contributed by atoms with Crippen LogP contribution >= 0.6 is 0 Å². The third kappa shape index (κ3) is 1.91. The summed E-state index contributed by atoms with van der Waals surface area (Å²) in [5, 5.41) is 5.59. The lowest BCUT2D eigenvalue weighted by molar-refractivity contribution is 0.905. The predicted molar refractivity (Wildman–Crippen MR) is 94.8 cm³/mol. The van der Waals surface area contributed by atoms with E-state index in [0.717, 1.165) is 44.8 Å². The number of rotatable bonds is 2. The summed E-state index contributed by atoms with van der Waals surface area (Å²) < 4.78 is 1.77. The van der Waals surface area contributed by atoms with Gasteiger partial charge in [-0.3, -0.25) is 4.98 Å². The van der Waals surface area contributed by atoms with Gasteiger partial charge in [-0.25, -0.2) is 4.98 Å². The first kappa shape index (κ1) is 13.5. The van der Waals surface area contributed by atoms with Gasteiger partial charge in [0.2, 0.25) is 0 Å². The molecule has 0 unspecified atom stereocenters. The Morgan fingerprint density at radius 3 is 2.83 bits per heavy atom. The molecule has 3 heterocycles. The van der Waals surface area contributed by atoms with Crippen molar-refractivity contribution in [2.24, 2.45) is 0 Å². The molecule has 0 amide bonds.